The fourth-order valence-electron chi connectivity index (χ4n) is 11.2. The van der Waals surface area contributed by atoms with Crippen LogP contribution in [0.4, 0.5) is 0 Å². The van der Waals surface area contributed by atoms with Crippen LogP contribution >= 0.6 is 79.6 Å². The van der Waals surface area contributed by atoms with E-state index in [2.05, 4.69) is 183 Å². The molecule has 1 aliphatic heterocycles. The second-order valence-electron chi connectivity index (χ2n) is 27.1. The van der Waals surface area contributed by atoms with Gasteiger partial charge in [-0.25, -0.2) is 24.4 Å². The zero-order chi connectivity index (χ0) is 86.8. The lowest BCUT2D eigenvalue weighted by Gasteiger charge is -2.32. The number of aromatic nitrogens is 13. The van der Waals surface area contributed by atoms with E-state index in [4.69, 9.17) is 48.8 Å². The number of H-pyrrole nitrogens is 2. The second kappa shape index (κ2) is 44.3. The number of aromatic amines is 2. The summed E-state index contributed by atoms with van der Waals surface area (Å²) in [4.78, 5) is 101. The van der Waals surface area contributed by atoms with E-state index in [1.165, 1.54) is 23.8 Å². The summed E-state index contributed by atoms with van der Waals surface area (Å²) in [6.45, 7) is 26.4. The largest absolute Gasteiger partial charge is 0.494 e. The number of para-hydroxylation sites is 4. The number of imidazole rings is 2. The molecule has 0 amide bonds. The molecule has 0 bridgehead atoms. The summed E-state index contributed by atoms with van der Waals surface area (Å²) in [6.07, 6.45) is 26.8. The van der Waals surface area contributed by atoms with Crippen molar-refractivity contribution in [2.45, 2.75) is 108 Å². The molecule has 10 heterocycles. The van der Waals surface area contributed by atoms with E-state index in [9.17, 15) is 28.8 Å². The predicted molar refractivity (Wildman–Crippen MR) is 481 cm³/mol. The number of hydrogen-bond acceptors (Lipinski definition) is 21. The Balaban J connectivity index is 0.000000184. The highest BCUT2D eigenvalue weighted by molar-refractivity contribution is 9.11. The minimum Gasteiger partial charge on any atom is -0.481 e. The summed E-state index contributed by atoms with van der Waals surface area (Å²) in [6, 6.07) is 28.4. The van der Waals surface area contributed by atoms with Crippen molar-refractivity contribution in [3.05, 3.63) is 238 Å². The van der Waals surface area contributed by atoms with Crippen LogP contribution in [0.3, 0.4) is 0 Å². The van der Waals surface area contributed by atoms with E-state index in [0.29, 0.717) is 25.4 Å². The number of carbonyl (C=O) groups excluding carboxylic acids is 5. The third-order valence-electron chi connectivity index (χ3n) is 18.5. The van der Waals surface area contributed by atoms with Crippen LogP contribution in [0.15, 0.2) is 187 Å². The molecule has 3 N–H and O–H groups in total. The molecule has 9 aromatic heterocycles. The standard InChI is InChI=1S/C26H23N5O2.C21H23BN4O2.2C11H12BrNO2.C7H6BrNO.C6H5Br2N.C5H8O4/c1-4-33-24(32)12-10-18-14-27-15-20(16(18)2)17-9-11-23-19(13-17)25(30-31(23)3)26-28-21-7-5-6-8-22(21)29-26;1-20(2)21(3,4)28-22(27-20)13-10-11-17-14(12-13)18(25-26(17)5)19-23-15-8-6-7-9-16(15)24-19;2*1-3-15-11(14)5-4-9-6-13-7-10(12)8(9)2;1-5-6(4-10)2-9-3-7(5)8;1-4-5(7)2-9-3-6(4)8;1-2-9-5(8)3-4(6)7/h5-15H,4H2,1-3H3,(H,28,29);6-12H,1-5H3,(H,23,24);2*4-7H,3H2,1-2H3;2-4H,1H3;2-3H,1H3;2-3H2,1H3,(H,6,7)/b12-10+;;2*5-4+;;;. The Labute approximate surface area is 731 Å². The van der Waals surface area contributed by atoms with Crippen molar-refractivity contribution in [1.29, 1.82) is 0 Å². The molecule has 0 radical (unpaired) electrons. The van der Waals surface area contributed by atoms with E-state index in [1.807, 2.05) is 113 Å². The minimum atomic E-state index is -1.16. The number of pyridine rings is 5. The van der Waals surface area contributed by atoms with Gasteiger partial charge >= 0.3 is 37.0 Å². The van der Waals surface area contributed by atoms with Crippen LogP contribution in [0.25, 0.3) is 96.3 Å². The van der Waals surface area contributed by atoms with E-state index >= 15 is 0 Å². The SMILES string of the molecule is CCOC(=O)/C=C/c1cncc(-c2ccc3c(c2)c(-c2nc4ccccc4[nH]2)nn3C)c1C.CCOC(=O)/C=C/c1cncc(Br)c1C.CCOC(=O)/C=C/c1cncc(Br)c1C.CCOC(=O)CC(=O)O.Cc1c(Br)cncc1Br.Cc1c(Br)cncc1C=O.Cn1nc(-c2nc3ccccc3[nH]2)c2cc(B3OC(C)(C)C(C)(C)O3)ccc21. The number of nitrogens with zero attached hydrogens (tertiary/aromatic N) is 11. The Bertz CT molecular complexity index is 5700. The molecule has 0 aliphatic carbocycles. The number of carboxylic acid groups (broad SMARTS) is 1. The topological polar surface area (TPSA) is 335 Å². The third kappa shape index (κ3) is 25.6. The third-order valence-corrected chi connectivity index (χ3v) is 22.5. The van der Waals surface area contributed by atoms with Gasteiger partial charge in [-0.05, 0) is 286 Å². The molecule has 0 atom stereocenters. The molecule has 1 fully saturated rings. The van der Waals surface area contributed by atoms with Crippen molar-refractivity contribution in [2.75, 3.05) is 26.4 Å². The van der Waals surface area contributed by atoms with E-state index in [-0.39, 0.29) is 35.7 Å². The zero-order valence-electron chi connectivity index (χ0n) is 68.2. The lowest BCUT2D eigenvalue weighted by molar-refractivity contribution is -0.151. The number of aryl methyl sites for hydroxylation is 2. The first-order valence-corrected chi connectivity index (χ1v) is 41.3. The van der Waals surface area contributed by atoms with Crippen LogP contribution < -0.4 is 5.46 Å². The first-order chi connectivity index (χ1) is 56.7. The van der Waals surface area contributed by atoms with Crippen LogP contribution in [0, 0.1) is 34.6 Å². The van der Waals surface area contributed by atoms with Crippen molar-refractivity contribution in [3.8, 4) is 34.2 Å². The lowest BCUT2D eigenvalue weighted by Crippen LogP contribution is -2.41. The van der Waals surface area contributed by atoms with E-state index in [1.54, 1.807) is 102 Å². The molecule has 119 heavy (non-hydrogen) atoms. The van der Waals surface area contributed by atoms with E-state index < -0.39 is 25.5 Å². The second-order valence-corrected chi connectivity index (χ2v) is 31.4. The van der Waals surface area contributed by atoms with Crippen LogP contribution in [0.5, 0.6) is 0 Å². The molecular weight excluding hydrogens is 1850 g/mol. The molecule has 32 heteroatoms. The van der Waals surface area contributed by atoms with Gasteiger partial charge in [0.25, 0.3) is 0 Å². The molecule has 0 unspecified atom stereocenters. The maximum atomic E-state index is 11.7. The number of benzene rings is 4. The number of fused-ring (bicyclic) bond motifs is 4. The highest BCUT2D eigenvalue weighted by Gasteiger charge is 2.52. The monoisotopic (exact) mass is 1930 g/mol. The van der Waals surface area contributed by atoms with Gasteiger partial charge in [0.2, 0.25) is 0 Å². The lowest BCUT2D eigenvalue weighted by atomic mass is 9.78. The Morgan fingerprint density at radius 1 is 0.479 bits per heavy atom. The van der Waals surface area contributed by atoms with Gasteiger partial charge in [-0.2, -0.15) is 10.2 Å². The summed E-state index contributed by atoms with van der Waals surface area (Å²) in [5.74, 6) is -1.39. The highest BCUT2D eigenvalue weighted by atomic mass is 79.9. The Morgan fingerprint density at radius 2 is 0.849 bits per heavy atom. The van der Waals surface area contributed by atoms with E-state index in [0.717, 1.165) is 151 Å². The summed E-state index contributed by atoms with van der Waals surface area (Å²) in [5, 5.41) is 19.5. The fraction of sp³-hybridized carbons (Fsp3) is 0.253. The average molecular weight is 1940 g/mol. The summed E-state index contributed by atoms with van der Waals surface area (Å²) in [5.41, 5.74) is 18.3. The van der Waals surface area contributed by atoms with Gasteiger partial charge in [0.1, 0.15) is 17.8 Å². The molecule has 13 aromatic rings. The van der Waals surface area contributed by atoms with Crippen molar-refractivity contribution < 1.29 is 62.1 Å². The van der Waals surface area contributed by atoms with Gasteiger partial charge in [0, 0.05) is 139 Å². The first-order valence-electron chi connectivity index (χ1n) is 37.3. The molecule has 26 nitrogen and oxygen atoms in total. The Hall–Kier alpha value is -10.9. The van der Waals surface area contributed by atoms with Gasteiger partial charge < -0.3 is 43.3 Å². The number of aliphatic carboxylic acids is 1. The Kier molecular flexibility index (Phi) is 34.8. The molecule has 1 saturated heterocycles. The number of nitrogens with one attached hydrogen (secondary N) is 2. The molecule has 0 spiro atoms. The number of rotatable bonds is 17. The van der Waals surface area contributed by atoms with Crippen molar-refractivity contribution in [2.24, 2.45) is 14.1 Å². The van der Waals surface area contributed by atoms with Gasteiger partial charge in [-0.3, -0.25) is 48.7 Å². The number of carboxylic acids is 1. The normalized spacial score (nSPS) is 12.4. The van der Waals surface area contributed by atoms with Crippen molar-refractivity contribution >= 4 is 190 Å². The quantitative estimate of drug-likeness (QED) is 0.0190. The molecule has 4 aromatic carbocycles. The van der Waals surface area contributed by atoms with Crippen LogP contribution in [0.2, 0.25) is 0 Å². The zero-order valence-corrected chi connectivity index (χ0v) is 76.1. The summed E-state index contributed by atoms with van der Waals surface area (Å²) >= 11 is 16.7. The number of halogens is 5. The number of carbonyl (C=O) groups is 6. The Morgan fingerprint density at radius 3 is 1.24 bits per heavy atom. The number of ether oxygens (including phenoxy) is 4. The van der Waals surface area contributed by atoms with Crippen LogP contribution in [-0.4, -0.2) is 150 Å². The molecule has 618 valence electrons. The fourth-order valence-corrected chi connectivity index (χ4v) is 13.1. The van der Waals surface area contributed by atoms with Gasteiger partial charge in [0.15, 0.2) is 17.9 Å². The van der Waals surface area contributed by atoms with Crippen molar-refractivity contribution in [3.63, 3.8) is 0 Å². The van der Waals surface area contributed by atoms with Gasteiger partial charge in [-0.15, -0.1) is 0 Å². The molecule has 14 rings (SSSR count). The van der Waals surface area contributed by atoms with Gasteiger partial charge in [-0.1, -0.05) is 42.5 Å². The average Bonchev–Trinajstić information content (AvgIpc) is 1.61. The number of esters is 4. The number of aldehydes is 1. The molecule has 1 aliphatic rings. The predicted octanol–water partition coefficient (Wildman–Crippen LogP) is 18.8. The highest BCUT2D eigenvalue weighted by Crippen LogP contribution is 2.38. The maximum Gasteiger partial charge on any atom is 0.494 e. The first kappa shape index (κ1) is 93.6. The summed E-state index contributed by atoms with van der Waals surface area (Å²) in [7, 11) is 3.48. The van der Waals surface area contributed by atoms with Crippen molar-refractivity contribution in [1.82, 2.24) is 64.4 Å². The smallest absolute Gasteiger partial charge is 0.481 e. The maximum absolute atomic E-state index is 11.7. The van der Waals surface area contributed by atoms with Gasteiger partial charge in [0.05, 0.1) is 70.7 Å². The molecule has 0 saturated carbocycles. The summed E-state index contributed by atoms with van der Waals surface area (Å²) < 4.78 is 39.9. The minimum absolute atomic E-state index is 0.228. The van der Waals surface area contributed by atoms with Crippen LogP contribution in [-0.2, 0) is 66.3 Å². The van der Waals surface area contributed by atoms with Crippen LogP contribution in [0.1, 0.15) is 117 Å². The number of hydrogen-bond donors (Lipinski definition) is 3. The molecular formula is C87H89BBr5N13O13.